The fourth-order valence-electron chi connectivity index (χ4n) is 2.25. The molecule has 1 fully saturated rings. The molecule has 5 nitrogen and oxygen atoms in total. The van der Waals surface area contributed by atoms with Crippen LogP contribution in [0.4, 0.5) is 11.8 Å². The Hall–Kier alpha value is -1.36. The fourth-order valence-corrected chi connectivity index (χ4v) is 2.25. The van der Waals surface area contributed by atoms with E-state index >= 15 is 0 Å². The zero-order valence-corrected chi connectivity index (χ0v) is 10.6. The van der Waals surface area contributed by atoms with Crippen LogP contribution in [0, 0.1) is 12.8 Å². The summed E-state index contributed by atoms with van der Waals surface area (Å²) in [5.41, 5.74) is 1.08. The van der Waals surface area contributed by atoms with E-state index in [1.54, 1.807) is 0 Å². The van der Waals surface area contributed by atoms with Crippen LogP contribution in [-0.4, -0.2) is 41.3 Å². The Morgan fingerprint density at radius 3 is 2.94 bits per heavy atom. The maximum Gasteiger partial charge on any atom is 0.224 e. The first-order chi connectivity index (χ1) is 8.11. The molecule has 0 aromatic carbocycles. The molecule has 1 aliphatic rings. The van der Waals surface area contributed by atoms with Crippen molar-refractivity contribution in [2.24, 2.45) is 5.92 Å². The average molecular weight is 236 g/mol. The summed E-state index contributed by atoms with van der Waals surface area (Å²) in [5, 5.41) is 12.6. The number of nitrogens with zero attached hydrogens (tertiary/aromatic N) is 3. The molecule has 2 unspecified atom stereocenters. The normalized spacial score (nSPS) is 21.6. The summed E-state index contributed by atoms with van der Waals surface area (Å²) in [7, 11) is 1.82. The lowest BCUT2D eigenvalue weighted by Crippen LogP contribution is -2.25. The van der Waals surface area contributed by atoms with Gasteiger partial charge in [-0.1, -0.05) is 0 Å². The molecule has 5 heteroatoms. The van der Waals surface area contributed by atoms with Gasteiger partial charge in [0.1, 0.15) is 5.82 Å². The highest BCUT2D eigenvalue weighted by Gasteiger charge is 2.27. The zero-order chi connectivity index (χ0) is 12.4. The van der Waals surface area contributed by atoms with E-state index in [-0.39, 0.29) is 6.10 Å². The Balaban J connectivity index is 2.18. The van der Waals surface area contributed by atoms with Crippen molar-refractivity contribution >= 4 is 11.8 Å². The Bertz CT molecular complexity index is 394. The number of rotatable bonds is 3. The summed E-state index contributed by atoms with van der Waals surface area (Å²) >= 11 is 0. The minimum Gasteiger partial charge on any atom is -0.393 e. The predicted octanol–water partition coefficient (Wildman–Crippen LogP) is 1.03. The lowest BCUT2D eigenvalue weighted by Gasteiger charge is -2.20. The molecule has 1 saturated heterocycles. The van der Waals surface area contributed by atoms with Crippen molar-refractivity contribution < 1.29 is 5.11 Å². The van der Waals surface area contributed by atoms with E-state index in [1.165, 1.54) is 0 Å². The predicted molar refractivity (Wildman–Crippen MR) is 68.3 cm³/mol. The van der Waals surface area contributed by atoms with Crippen molar-refractivity contribution in [3.8, 4) is 0 Å². The number of aryl methyl sites for hydroxylation is 1. The molecule has 0 radical (unpaired) electrons. The number of hydrogen-bond donors (Lipinski definition) is 2. The smallest absolute Gasteiger partial charge is 0.224 e. The zero-order valence-electron chi connectivity index (χ0n) is 10.6. The third-order valence-electron chi connectivity index (χ3n) is 3.38. The standard InChI is InChI=1S/C12H20N4O/c1-8-6-14-12(13-3)15-11(8)16-5-4-10(7-16)9(2)17/h6,9-10,17H,4-5,7H2,1-3H3,(H,13,14,15). The van der Waals surface area contributed by atoms with Gasteiger partial charge in [0.25, 0.3) is 0 Å². The molecule has 0 aliphatic carbocycles. The minimum atomic E-state index is -0.245. The van der Waals surface area contributed by atoms with Crippen LogP contribution >= 0.6 is 0 Å². The molecule has 2 N–H and O–H groups in total. The van der Waals surface area contributed by atoms with Gasteiger partial charge in [0, 0.05) is 37.8 Å². The van der Waals surface area contributed by atoms with Crippen LogP contribution in [-0.2, 0) is 0 Å². The van der Waals surface area contributed by atoms with Gasteiger partial charge in [-0.25, -0.2) is 4.98 Å². The van der Waals surface area contributed by atoms with Crippen LogP contribution in [0.2, 0.25) is 0 Å². The molecular weight excluding hydrogens is 216 g/mol. The Morgan fingerprint density at radius 1 is 1.59 bits per heavy atom. The van der Waals surface area contributed by atoms with Crippen molar-refractivity contribution in [2.75, 3.05) is 30.4 Å². The van der Waals surface area contributed by atoms with E-state index in [9.17, 15) is 5.11 Å². The van der Waals surface area contributed by atoms with Crippen LogP contribution in [0.3, 0.4) is 0 Å². The third-order valence-corrected chi connectivity index (χ3v) is 3.38. The van der Waals surface area contributed by atoms with E-state index < -0.39 is 0 Å². The van der Waals surface area contributed by atoms with Crippen LogP contribution in [0.5, 0.6) is 0 Å². The Morgan fingerprint density at radius 2 is 2.35 bits per heavy atom. The summed E-state index contributed by atoms with van der Waals surface area (Å²) in [6.45, 7) is 5.71. The summed E-state index contributed by atoms with van der Waals surface area (Å²) in [4.78, 5) is 10.9. The van der Waals surface area contributed by atoms with Crippen molar-refractivity contribution in [3.63, 3.8) is 0 Å². The number of aliphatic hydroxyl groups excluding tert-OH is 1. The van der Waals surface area contributed by atoms with Gasteiger partial charge in [0.15, 0.2) is 0 Å². The molecule has 1 aromatic rings. The highest BCUT2D eigenvalue weighted by atomic mass is 16.3. The van der Waals surface area contributed by atoms with Gasteiger partial charge in [-0.3, -0.25) is 0 Å². The molecule has 1 aromatic heterocycles. The van der Waals surface area contributed by atoms with Crippen molar-refractivity contribution in [2.45, 2.75) is 26.4 Å². The second kappa shape index (κ2) is 4.87. The number of nitrogens with one attached hydrogen (secondary N) is 1. The molecule has 17 heavy (non-hydrogen) atoms. The summed E-state index contributed by atoms with van der Waals surface area (Å²) < 4.78 is 0. The van der Waals surface area contributed by atoms with Crippen LogP contribution in [0.15, 0.2) is 6.20 Å². The Kier molecular flexibility index (Phi) is 3.47. The quantitative estimate of drug-likeness (QED) is 0.821. The molecule has 2 atom stereocenters. The van der Waals surface area contributed by atoms with E-state index in [2.05, 4.69) is 20.2 Å². The van der Waals surface area contributed by atoms with Crippen LogP contribution < -0.4 is 10.2 Å². The van der Waals surface area contributed by atoms with Gasteiger partial charge in [-0.15, -0.1) is 0 Å². The van der Waals surface area contributed by atoms with Gasteiger partial charge in [0.2, 0.25) is 5.95 Å². The fraction of sp³-hybridized carbons (Fsp3) is 0.667. The average Bonchev–Trinajstić information content (AvgIpc) is 2.79. The molecule has 0 bridgehead atoms. The highest BCUT2D eigenvalue weighted by Crippen LogP contribution is 2.26. The monoisotopic (exact) mass is 236 g/mol. The molecule has 0 amide bonds. The van der Waals surface area contributed by atoms with E-state index in [0.717, 1.165) is 30.9 Å². The van der Waals surface area contributed by atoms with Gasteiger partial charge in [-0.05, 0) is 20.3 Å². The molecule has 1 aliphatic heterocycles. The SMILES string of the molecule is CNc1ncc(C)c(N2CCC(C(C)O)C2)n1. The largest absolute Gasteiger partial charge is 0.393 e. The van der Waals surface area contributed by atoms with Gasteiger partial charge in [-0.2, -0.15) is 4.98 Å². The van der Waals surface area contributed by atoms with Gasteiger partial charge < -0.3 is 15.3 Å². The van der Waals surface area contributed by atoms with Crippen LogP contribution in [0.1, 0.15) is 18.9 Å². The van der Waals surface area contributed by atoms with E-state index in [1.807, 2.05) is 27.1 Å². The molecule has 0 spiro atoms. The lowest BCUT2D eigenvalue weighted by atomic mass is 10.0. The molecule has 94 valence electrons. The van der Waals surface area contributed by atoms with Crippen molar-refractivity contribution in [3.05, 3.63) is 11.8 Å². The molecule has 2 rings (SSSR count). The number of aliphatic hydroxyl groups is 1. The summed E-state index contributed by atoms with van der Waals surface area (Å²) in [5.74, 6) is 1.97. The van der Waals surface area contributed by atoms with Gasteiger partial charge >= 0.3 is 0 Å². The summed E-state index contributed by atoms with van der Waals surface area (Å²) in [6.07, 6.45) is 2.62. The van der Waals surface area contributed by atoms with Crippen LogP contribution in [0.25, 0.3) is 0 Å². The maximum atomic E-state index is 9.62. The first-order valence-electron chi connectivity index (χ1n) is 6.06. The second-order valence-electron chi connectivity index (χ2n) is 4.69. The van der Waals surface area contributed by atoms with Crippen molar-refractivity contribution in [1.29, 1.82) is 0 Å². The Labute approximate surface area is 102 Å². The second-order valence-corrected chi connectivity index (χ2v) is 4.69. The maximum absolute atomic E-state index is 9.62. The number of hydrogen-bond acceptors (Lipinski definition) is 5. The molecule has 0 saturated carbocycles. The molecule has 2 heterocycles. The van der Waals surface area contributed by atoms with Gasteiger partial charge in [0.05, 0.1) is 6.10 Å². The number of aromatic nitrogens is 2. The topological polar surface area (TPSA) is 61.3 Å². The minimum absolute atomic E-state index is 0.245. The first kappa shape index (κ1) is 12.1. The highest BCUT2D eigenvalue weighted by molar-refractivity contribution is 5.49. The van der Waals surface area contributed by atoms with E-state index in [0.29, 0.717) is 11.9 Å². The number of anilines is 2. The third kappa shape index (κ3) is 2.49. The summed E-state index contributed by atoms with van der Waals surface area (Å²) in [6, 6.07) is 0. The van der Waals surface area contributed by atoms with Crippen molar-refractivity contribution in [1.82, 2.24) is 9.97 Å². The molecular formula is C12H20N4O. The lowest BCUT2D eigenvalue weighted by molar-refractivity contribution is 0.136. The van der Waals surface area contributed by atoms with E-state index in [4.69, 9.17) is 0 Å². The first-order valence-corrected chi connectivity index (χ1v) is 6.06.